The van der Waals surface area contributed by atoms with E-state index in [1.807, 2.05) is 19.1 Å². The zero-order chi connectivity index (χ0) is 11.3. The van der Waals surface area contributed by atoms with E-state index >= 15 is 0 Å². The van der Waals surface area contributed by atoms with Crippen LogP contribution in [0.5, 0.6) is 0 Å². The number of halogens is 1. The lowest BCUT2D eigenvalue weighted by molar-refractivity contribution is -0.150. The lowest BCUT2D eigenvalue weighted by Crippen LogP contribution is -2.16. The van der Waals surface area contributed by atoms with Gasteiger partial charge in [0.2, 0.25) is 0 Å². The van der Waals surface area contributed by atoms with Crippen LogP contribution in [0, 0.1) is 6.92 Å². The number of carbonyl (C=O) groups is 1. The molecule has 0 heterocycles. The molecule has 82 valence electrons. The van der Waals surface area contributed by atoms with E-state index in [-0.39, 0.29) is 12.5 Å². The van der Waals surface area contributed by atoms with Crippen molar-refractivity contribution in [3.63, 3.8) is 0 Å². The molecule has 0 saturated carbocycles. The molecule has 1 unspecified atom stereocenters. The molecule has 1 N–H and O–H groups in total. The molecule has 0 aliphatic rings. The van der Waals surface area contributed by atoms with E-state index in [1.54, 1.807) is 12.1 Å². The van der Waals surface area contributed by atoms with Crippen LogP contribution in [0.1, 0.15) is 17.2 Å². The van der Waals surface area contributed by atoms with Gasteiger partial charge in [-0.1, -0.05) is 29.8 Å². The van der Waals surface area contributed by atoms with Gasteiger partial charge >= 0.3 is 5.97 Å². The molecule has 0 amide bonds. The number of carboxylic acid groups (broad SMARTS) is 1. The van der Waals surface area contributed by atoms with Crippen LogP contribution in [0.2, 0.25) is 0 Å². The third kappa shape index (κ3) is 3.53. The van der Waals surface area contributed by atoms with Gasteiger partial charge in [0.05, 0.1) is 6.61 Å². The van der Waals surface area contributed by atoms with Gasteiger partial charge in [0.15, 0.2) is 6.10 Å². The van der Waals surface area contributed by atoms with Crippen molar-refractivity contribution in [3.8, 4) is 0 Å². The molecule has 1 rings (SSSR count). The zero-order valence-electron chi connectivity index (χ0n) is 8.44. The fraction of sp³-hybridized carbons (Fsp3) is 0.364. The number of ether oxygens (including phenoxy) is 1. The Bertz CT molecular complexity index is 321. The second kappa shape index (κ2) is 5.73. The van der Waals surface area contributed by atoms with Crippen molar-refractivity contribution in [1.82, 2.24) is 0 Å². The summed E-state index contributed by atoms with van der Waals surface area (Å²) in [5.74, 6) is -0.709. The summed E-state index contributed by atoms with van der Waals surface area (Å²) in [7, 11) is 0. The van der Waals surface area contributed by atoms with Crippen LogP contribution < -0.4 is 0 Å². The molecular weight excluding hydrogens is 216 g/mol. The molecule has 1 aromatic carbocycles. The van der Waals surface area contributed by atoms with E-state index in [0.717, 1.165) is 5.56 Å². The minimum absolute atomic E-state index is 0.229. The van der Waals surface area contributed by atoms with Crippen molar-refractivity contribution in [2.45, 2.75) is 13.0 Å². The van der Waals surface area contributed by atoms with Crippen LogP contribution in [0.15, 0.2) is 24.3 Å². The number of aryl methyl sites for hydroxylation is 1. The van der Waals surface area contributed by atoms with E-state index in [0.29, 0.717) is 5.56 Å². The minimum atomic E-state index is -0.996. The molecule has 1 aromatic rings. The van der Waals surface area contributed by atoms with Crippen LogP contribution in [0.3, 0.4) is 0 Å². The van der Waals surface area contributed by atoms with Gasteiger partial charge in [-0.15, -0.1) is 11.6 Å². The van der Waals surface area contributed by atoms with Crippen LogP contribution in [-0.4, -0.2) is 23.6 Å². The number of hydrogen-bond donors (Lipinski definition) is 1. The number of alkyl halides is 1. The Labute approximate surface area is 93.6 Å². The molecule has 0 spiro atoms. The van der Waals surface area contributed by atoms with Crippen molar-refractivity contribution < 1.29 is 14.6 Å². The van der Waals surface area contributed by atoms with Gasteiger partial charge < -0.3 is 9.84 Å². The average molecular weight is 229 g/mol. The van der Waals surface area contributed by atoms with Crippen molar-refractivity contribution in [2.24, 2.45) is 0 Å². The Morgan fingerprint density at radius 2 is 2.07 bits per heavy atom. The number of rotatable bonds is 5. The summed E-state index contributed by atoms with van der Waals surface area (Å²) in [5.41, 5.74) is 1.72. The second-order valence-electron chi connectivity index (χ2n) is 3.19. The van der Waals surface area contributed by atoms with Gasteiger partial charge in [0.25, 0.3) is 0 Å². The van der Waals surface area contributed by atoms with E-state index in [1.165, 1.54) is 0 Å². The predicted octanol–water partition coefficient (Wildman–Crippen LogP) is 2.38. The molecule has 0 radical (unpaired) electrons. The highest BCUT2D eigenvalue weighted by Gasteiger charge is 2.19. The summed E-state index contributed by atoms with van der Waals surface area (Å²) >= 11 is 5.45. The highest BCUT2D eigenvalue weighted by molar-refractivity contribution is 6.17. The number of benzene rings is 1. The van der Waals surface area contributed by atoms with Crippen molar-refractivity contribution >= 4 is 17.6 Å². The summed E-state index contributed by atoms with van der Waals surface area (Å²) in [6.07, 6.45) is -0.927. The van der Waals surface area contributed by atoms with E-state index in [4.69, 9.17) is 21.4 Å². The predicted molar refractivity (Wildman–Crippen MR) is 58.2 cm³/mol. The molecule has 4 heteroatoms. The van der Waals surface area contributed by atoms with Gasteiger partial charge in [0, 0.05) is 5.88 Å². The summed E-state index contributed by atoms with van der Waals surface area (Å²) in [6.45, 7) is 2.17. The third-order valence-corrected chi connectivity index (χ3v) is 2.12. The minimum Gasteiger partial charge on any atom is -0.479 e. The Morgan fingerprint density at radius 3 is 2.53 bits per heavy atom. The molecule has 0 aliphatic heterocycles. The standard InChI is InChI=1S/C11H13ClO3/c1-8-2-4-9(5-3-8)10(11(13)14)15-7-6-12/h2-5,10H,6-7H2,1H3,(H,13,14). The van der Waals surface area contributed by atoms with Gasteiger partial charge in [-0.05, 0) is 12.5 Å². The lowest BCUT2D eigenvalue weighted by Gasteiger charge is -2.13. The van der Waals surface area contributed by atoms with Gasteiger partial charge in [-0.3, -0.25) is 0 Å². The normalized spacial score (nSPS) is 12.4. The molecule has 0 aliphatic carbocycles. The van der Waals surface area contributed by atoms with Gasteiger partial charge in [-0.2, -0.15) is 0 Å². The lowest BCUT2D eigenvalue weighted by atomic mass is 10.1. The highest BCUT2D eigenvalue weighted by atomic mass is 35.5. The first-order valence-electron chi connectivity index (χ1n) is 4.62. The van der Waals surface area contributed by atoms with Crippen LogP contribution >= 0.6 is 11.6 Å². The second-order valence-corrected chi connectivity index (χ2v) is 3.57. The molecular formula is C11H13ClO3. The topological polar surface area (TPSA) is 46.5 Å². The number of carboxylic acids is 1. The Kier molecular flexibility index (Phi) is 4.59. The summed E-state index contributed by atoms with van der Waals surface area (Å²) in [5, 5.41) is 8.95. The maximum absolute atomic E-state index is 10.9. The highest BCUT2D eigenvalue weighted by Crippen LogP contribution is 2.18. The van der Waals surface area contributed by atoms with Crippen molar-refractivity contribution in [2.75, 3.05) is 12.5 Å². The van der Waals surface area contributed by atoms with Crippen LogP contribution in [0.25, 0.3) is 0 Å². The number of aliphatic carboxylic acids is 1. The zero-order valence-corrected chi connectivity index (χ0v) is 9.20. The van der Waals surface area contributed by atoms with E-state index in [2.05, 4.69) is 0 Å². The van der Waals surface area contributed by atoms with Crippen molar-refractivity contribution in [1.29, 1.82) is 0 Å². The smallest absolute Gasteiger partial charge is 0.337 e. The number of hydrogen-bond acceptors (Lipinski definition) is 2. The fourth-order valence-corrected chi connectivity index (χ4v) is 1.30. The maximum Gasteiger partial charge on any atom is 0.337 e. The SMILES string of the molecule is Cc1ccc(C(OCCCl)C(=O)O)cc1. The first-order valence-corrected chi connectivity index (χ1v) is 5.15. The quantitative estimate of drug-likeness (QED) is 0.788. The third-order valence-electron chi connectivity index (χ3n) is 1.97. The van der Waals surface area contributed by atoms with E-state index in [9.17, 15) is 4.79 Å². The monoisotopic (exact) mass is 228 g/mol. The molecule has 3 nitrogen and oxygen atoms in total. The molecule has 0 aromatic heterocycles. The van der Waals surface area contributed by atoms with Crippen molar-refractivity contribution in [3.05, 3.63) is 35.4 Å². The van der Waals surface area contributed by atoms with Gasteiger partial charge in [-0.25, -0.2) is 4.79 Å². The first kappa shape index (κ1) is 12.0. The fourth-order valence-electron chi connectivity index (χ4n) is 1.21. The summed E-state index contributed by atoms with van der Waals surface area (Å²) < 4.78 is 5.15. The summed E-state index contributed by atoms with van der Waals surface area (Å²) in [4.78, 5) is 10.9. The Morgan fingerprint density at radius 1 is 1.47 bits per heavy atom. The molecule has 15 heavy (non-hydrogen) atoms. The van der Waals surface area contributed by atoms with Gasteiger partial charge in [0.1, 0.15) is 0 Å². The molecule has 0 fully saturated rings. The molecule has 0 saturated heterocycles. The maximum atomic E-state index is 10.9. The Balaban J connectivity index is 2.79. The molecule has 0 bridgehead atoms. The summed E-state index contributed by atoms with van der Waals surface area (Å²) in [6, 6.07) is 7.22. The molecule has 1 atom stereocenters. The first-order chi connectivity index (χ1) is 7.15. The average Bonchev–Trinajstić information content (AvgIpc) is 2.21. The Hall–Kier alpha value is -1.06. The van der Waals surface area contributed by atoms with Crippen LogP contribution in [-0.2, 0) is 9.53 Å². The largest absolute Gasteiger partial charge is 0.479 e. The van der Waals surface area contributed by atoms with E-state index < -0.39 is 12.1 Å². The van der Waals surface area contributed by atoms with Crippen LogP contribution in [0.4, 0.5) is 0 Å².